The zero-order chi connectivity index (χ0) is 17.4. The number of fused-ring (bicyclic) bond motifs is 1. The number of oxazole rings is 1. The van der Waals surface area contributed by atoms with E-state index >= 15 is 0 Å². The molecule has 1 aliphatic heterocycles. The molecule has 1 atom stereocenters. The van der Waals surface area contributed by atoms with Gasteiger partial charge in [-0.2, -0.15) is 5.26 Å². The first-order valence-corrected chi connectivity index (χ1v) is 7.98. The third-order valence-corrected chi connectivity index (χ3v) is 4.29. The SMILES string of the molecule is Cc1nc2c(o1)N(c1ccccc1)C(N)=C(C#N)C2c1ccccc1. The molecule has 0 fully saturated rings. The first kappa shape index (κ1) is 15.0. The summed E-state index contributed by atoms with van der Waals surface area (Å²) < 4.78 is 5.88. The largest absolute Gasteiger partial charge is 0.424 e. The Hall–Kier alpha value is -3.52. The van der Waals surface area contributed by atoms with Crippen molar-refractivity contribution in [2.45, 2.75) is 12.8 Å². The molecule has 0 saturated carbocycles. The first-order valence-electron chi connectivity index (χ1n) is 7.98. The van der Waals surface area contributed by atoms with E-state index in [1.165, 1.54) is 0 Å². The molecule has 0 radical (unpaired) electrons. The maximum Gasteiger partial charge on any atom is 0.230 e. The van der Waals surface area contributed by atoms with E-state index in [4.69, 9.17) is 10.2 Å². The predicted octanol–water partition coefficient (Wildman–Crippen LogP) is 3.96. The minimum Gasteiger partial charge on any atom is -0.424 e. The minimum absolute atomic E-state index is 0.335. The Morgan fingerprint density at radius 3 is 2.36 bits per heavy atom. The lowest BCUT2D eigenvalue weighted by Crippen LogP contribution is -2.31. The second kappa shape index (κ2) is 5.84. The number of nitrogens with zero attached hydrogens (tertiary/aromatic N) is 3. The number of nitriles is 1. The molecular formula is C20H16N4O. The highest BCUT2D eigenvalue weighted by atomic mass is 16.4. The van der Waals surface area contributed by atoms with Crippen LogP contribution in [0.3, 0.4) is 0 Å². The molecule has 2 N–H and O–H groups in total. The number of para-hydroxylation sites is 1. The van der Waals surface area contributed by atoms with Gasteiger partial charge in [-0.3, -0.25) is 4.90 Å². The molecule has 0 spiro atoms. The monoisotopic (exact) mass is 328 g/mol. The summed E-state index contributed by atoms with van der Waals surface area (Å²) in [6, 6.07) is 21.7. The second-order valence-electron chi connectivity index (χ2n) is 5.85. The third kappa shape index (κ3) is 2.36. The second-order valence-corrected chi connectivity index (χ2v) is 5.85. The highest BCUT2D eigenvalue weighted by molar-refractivity contribution is 5.73. The molecule has 2 aromatic carbocycles. The fourth-order valence-electron chi connectivity index (χ4n) is 3.22. The van der Waals surface area contributed by atoms with Crippen LogP contribution in [-0.2, 0) is 0 Å². The summed E-state index contributed by atoms with van der Waals surface area (Å²) in [7, 11) is 0. The van der Waals surface area contributed by atoms with Crippen molar-refractivity contribution in [1.82, 2.24) is 4.98 Å². The lowest BCUT2D eigenvalue weighted by Gasteiger charge is -2.31. The van der Waals surface area contributed by atoms with Crippen LogP contribution in [0.1, 0.15) is 23.1 Å². The maximum absolute atomic E-state index is 9.82. The van der Waals surface area contributed by atoms with Crippen LogP contribution in [0.5, 0.6) is 0 Å². The van der Waals surface area contributed by atoms with Crippen molar-refractivity contribution in [1.29, 1.82) is 5.26 Å². The van der Waals surface area contributed by atoms with Crippen LogP contribution in [-0.4, -0.2) is 4.98 Å². The normalized spacial score (nSPS) is 16.5. The van der Waals surface area contributed by atoms with Crippen molar-refractivity contribution in [2.24, 2.45) is 5.73 Å². The topological polar surface area (TPSA) is 79.1 Å². The van der Waals surface area contributed by atoms with Crippen LogP contribution in [0.2, 0.25) is 0 Å². The van der Waals surface area contributed by atoms with E-state index in [0.717, 1.165) is 11.3 Å². The predicted molar refractivity (Wildman–Crippen MR) is 94.9 cm³/mol. The van der Waals surface area contributed by atoms with Crippen LogP contribution in [0.4, 0.5) is 11.6 Å². The van der Waals surface area contributed by atoms with Gasteiger partial charge in [-0.05, 0) is 17.7 Å². The van der Waals surface area contributed by atoms with Crippen LogP contribution in [0, 0.1) is 18.3 Å². The lowest BCUT2D eigenvalue weighted by molar-refractivity contribution is 0.522. The zero-order valence-electron chi connectivity index (χ0n) is 13.7. The van der Waals surface area contributed by atoms with Gasteiger partial charge < -0.3 is 10.2 Å². The minimum atomic E-state index is -0.335. The maximum atomic E-state index is 9.82. The summed E-state index contributed by atoms with van der Waals surface area (Å²) in [6.07, 6.45) is 0. The lowest BCUT2D eigenvalue weighted by atomic mass is 9.86. The van der Waals surface area contributed by atoms with Gasteiger partial charge in [0.25, 0.3) is 0 Å². The molecule has 2 heterocycles. The van der Waals surface area contributed by atoms with Gasteiger partial charge in [0.1, 0.15) is 11.5 Å². The van der Waals surface area contributed by atoms with Crippen LogP contribution in [0.15, 0.2) is 76.5 Å². The Bertz CT molecular complexity index is 984. The Morgan fingerprint density at radius 2 is 1.72 bits per heavy atom. The van der Waals surface area contributed by atoms with E-state index < -0.39 is 0 Å². The Balaban J connectivity index is 1.98. The van der Waals surface area contributed by atoms with Crippen molar-refractivity contribution in [2.75, 3.05) is 4.90 Å². The number of aromatic nitrogens is 1. The zero-order valence-corrected chi connectivity index (χ0v) is 13.7. The van der Waals surface area contributed by atoms with Crippen molar-refractivity contribution in [3.63, 3.8) is 0 Å². The van der Waals surface area contributed by atoms with E-state index in [9.17, 15) is 5.26 Å². The molecule has 0 saturated heterocycles. The van der Waals surface area contributed by atoms with E-state index in [-0.39, 0.29) is 5.92 Å². The number of anilines is 2. The molecule has 0 aliphatic carbocycles. The summed E-state index contributed by atoms with van der Waals surface area (Å²) in [5, 5.41) is 9.82. The van der Waals surface area contributed by atoms with Gasteiger partial charge in [-0.25, -0.2) is 4.98 Å². The van der Waals surface area contributed by atoms with Gasteiger partial charge in [0, 0.05) is 6.92 Å². The molecular weight excluding hydrogens is 312 g/mol. The number of hydrogen-bond donors (Lipinski definition) is 1. The Morgan fingerprint density at radius 1 is 1.08 bits per heavy atom. The molecule has 25 heavy (non-hydrogen) atoms. The summed E-state index contributed by atoms with van der Waals surface area (Å²) in [5.74, 6) is 1.14. The van der Waals surface area contributed by atoms with Gasteiger partial charge in [-0.15, -0.1) is 0 Å². The molecule has 1 unspecified atom stereocenters. The van der Waals surface area contributed by atoms with Crippen molar-refractivity contribution in [3.05, 3.63) is 89.2 Å². The van der Waals surface area contributed by atoms with Crippen LogP contribution in [0.25, 0.3) is 0 Å². The fourth-order valence-corrected chi connectivity index (χ4v) is 3.22. The van der Waals surface area contributed by atoms with Crippen molar-refractivity contribution >= 4 is 11.6 Å². The molecule has 0 bridgehead atoms. The first-order chi connectivity index (χ1) is 12.2. The average Bonchev–Trinajstić information content (AvgIpc) is 3.02. The number of allylic oxidation sites excluding steroid dienone is 1. The molecule has 1 aliphatic rings. The Kier molecular flexibility index (Phi) is 3.51. The molecule has 5 nitrogen and oxygen atoms in total. The molecule has 0 amide bonds. The summed E-state index contributed by atoms with van der Waals surface area (Å²) >= 11 is 0. The summed E-state index contributed by atoms with van der Waals surface area (Å²) in [6.45, 7) is 1.80. The van der Waals surface area contributed by atoms with E-state index in [1.54, 1.807) is 11.8 Å². The number of benzene rings is 2. The summed E-state index contributed by atoms with van der Waals surface area (Å²) in [4.78, 5) is 6.33. The molecule has 1 aromatic heterocycles. The number of nitrogens with two attached hydrogens (primary N) is 1. The van der Waals surface area contributed by atoms with Crippen LogP contribution >= 0.6 is 0 Å². The third-order valence-electron chi connectivity index (χ3n) is 4.29. The molecule has 5 heteroatoms. The Labute approximate surface area is 145 Å². The average molecular weight is 328 g/mol. The van der Waals surface area contributed by atoms with E-state index in [0.29, 0.717) is 28.9 Å². The van der Waals surface area contributed by atoms with Crippen molar-refractivity contribution < 1.29 is 4.42 Å². The number of aryl methyl sites for hydroxylation is 1. The van der Waals surface area contributed by atoms with Crippen molar-refractivity contribution in [3.8, 4) is 6.07 Å². The standard InChI is InChI=1S/C20H16N4O/c1-13-23-18-17(14-8-4-2-5-9-14)16(12-21)19(22)24(20(18)25-13)15-10-6-3-7-11-15/h2-11,17H,22H2,1H3. The van der Waals surface area contributed by atoms with Gasteiger partial charge in [0.05, 0.1) is 23.2 Å². The molecule has 122 valence electrons. The fraction of sp³-hybridized carbons (Fsp3) is 0.100. The highest BCUT2D eigenvalue weighted by Gasteiger charge is 2.38. The molecule has 3 aromatic rings. The number of rotatable bonds is 2. The van der Waals surface area contributed by atoms with E-state index in [1.807, 2.05) is 60.7 Å². The van der Waals surface area contributed by atoms with Gasteiger partial charge in [0.15, 0.2) is 5.89 Å². The van der Waals surface area contributed by atoms with E-state index in [2.05, 4.69) is 11.1 Å². The molecule has 4 rings (SSSR count). The van der Waals surface area contributed by atoms with Gasteiger partial charge in [-0.1, -0.05) is 48.5 Å². The number of hydrogen-bond acceptors (Lipinski definition) is 5. The highest BCUT2D eigenvalue weighted by Crippen LogP contribution is 2.46. The quantitative estimate of drug-likeness (QED) is 0.770. The smallest absolute Gasteiger partial charge is 0.230 e. The summed E-state index contributed by atoms with van der Waals surface area (Å²) in [5.41, 5.74) is 9.38. The van der Waals surface area contributed by atoms with Crippen LogP contribution < -0.4 is 10.6 Å². The van der Waals surface area contributed by atoms with Gasteiger partial charge in [0.2, 0.25) is 5.88 Å². The van der Waals surface area contributed by atoms with Gasteiger partial charge >= 0.3 is 0 Å².